The Labute approximate surface area is 76.3 Å². The first-order chi connectivity index (χ1) is 6.40. The minimum Gasteiger partial charge on any atom is -0.307 e. The summed E-state index contributed by atoms with van der Waals surface area (Å²) in [6.45, 7) is 0. The molecule has 0 aliphatic carbocycles. The van der Waals surface area contributed by atoms with E-state index < -0.39 is 0 Å². The van der Waals surface area contributed by atoms with Crippen LogP contribution in [0.15, 0.2) is 30.7 Å². The lowest BCUT2D eigenvalue weighted by molar-refractivity contribution is 0.985. The van der Waals surface area contributed by atoms with Crippen LogP contribution < -0.4 is 0 Å². The summed E-state index contributed by atoms with van der Waals surface area (Å²) in [5.74, 6) is 0. The summed E-state index contributed by atoms with van der Waals surface area (Å²) in [5, 5.41) is 8.43. The van der Waals surface area contributed by atoms with Gasteiger partial charge >= 0.3 is 0 Å². The highest BCUT2D eigenvalue weighted by Gasteiger charge is 1.95. The molecule has 0 amide bonds. The number of hydrogen-bond acceptors (Lipinski definition) is 2. The van der Waals surface area contributed by atoms with Gasteiger partial charge < -0.3 is 4.40 Å². The lowest BCUT2D eigenvalue weighted by atomic mass is 10.2. The second kappa shape index (κ2) is 3.28. The lowest BCUT2D eigenvalue weighted by Gasteiger charge is -1.98. The fraction of sp³-hybridized carbons (Fsp3) is 0.200. The molecule has 0 aliphatic heterocycles. The maximum Gasteiger partial charge on any atom is 0.136 e. The van der Waals surface area contributed by atoms with E-state index in [9.17, 15) is 0 Å². The van der Waals surface area contributed by atoms with Crippen LogP contribution in [0.4, 0.5) is 0 Å². The van der Waals surface area contributed by atoms with Gasteiger partial charge in [-0.25, -0.2) is 4.98 Å². The Morgan fingerprint density at radius 2 is 2.38 bits per heavy atom. The van der Waals surface area contributed by atoms with Gasteiger partial charge in [0.15, 0.2) is 0 Å². The number of nitriles is 1. The quantitative estimate of drug-likeness (QED) is 0.691. The van der Waals surface area contributed by atoms with E-state index in [0.29, 0.717) is 6.42 Å². The molecule has 64 valence electrons. The number of rotatable bonds is 2. The Balaban J connectivity index is 2.33. The highest BCUT2D eigenvalue weighted by atomic mass is 15.0. The summed E-state index contributed by atoms with van der Waals surface area (Å²) in [4.78, 5) is 4.14. The van der Waals surface area contributed by atoms with Crippen molar-refractivity contribution in [2.24, 2.45) is 0 Å². The highest BCUT2D eigenvalue weighted by Crippen LogP contribution is 2.06. The Kier molecular flexibility index (Phi) is 1.97. The molecule has 2 aromatic rings. The molecule has 0 N–H and O–H groups in total. The summed E-state index contributed by atoms with van der Waals surface area (Å²) in [5.41, 5.74) is 2.12. The molecule has 0 aromatic carbocycles. The van der Waals surface area contributed by atoms with Crippen LogP contribution in [0.3, 0.4) is 0 Å². The van der Waals surface area contributed by atoms with Gasteiger partial charge in [0.2, 0.25) is 0 Å². The maximum absolute atomic E-state index is 8.43. The van der Waals surface area contributed by atoms with Crippen LogP contribution in [-0.2, 0) is 6.42 Å². The predicted octanol–water partition coefficient (Wildman–Crippen LogP) is 1.79. The minimum atomic E-state index is 0.570. The van der Waals surface area contributed by atoms with E-state index in [2.05, 4.69) is 11.1 Å². The third kappa shape index (κ3) is 1.52. The second-order valence-corrected chi connectivity index (χ2v) is 2.89. The van der Waals surface area contributed by atoms with E-state index in [1.165, 1.54) is 5.56 Å². The Bertz CT molecular complexity index is 450. The molecule has 0 saturated carbocycles. The van der Waals surface area contributed by atoms with Gasteiger partial charge in [-0.2, -0.15) is 5.26 Å². The van der Waals surface area contributed by atoms with Gasteiger partial charge in [-0.15, -0.1) is 0 Å². The summed E-state index contributed by atoms with van der Waals surface area (Å²) >= 11 is 0. The van der Waals surface area contributed by atoms with Crippen LogP contribution in [0, 0.1) is 11.3 Å². The standard InChI is InChI=1S/C10H9N3/c11-5-1-2-9-3-4-10-12-6-7-13(10)8-9/h3-4,6-8H,1-2H2. The van der Waals surface area contributed by atoms with Crippen LogP contribution in [-0.4, -0.2) is 9.38 Å². The van der Waals surface area contributed by atoms with Gasteiger partial charge in [-0.3, -0.25) is 0 Å². The van der Waals surface area contributed by atoms with Crippen molar-refractivity contribution in [3.63, 3.8) is 0 Å². The van der Waals surface area contributed by atoms with Gasteiger partial charge in [-0.1, -0.05) is 6.07 Å². The molecule has 2 heterocycles. The molecule has 0 spiro atoms. The summed E-state index contributed by atoms with van der Waals surface area (Å²) in [6.07, 6.45) is 7.07. The van der Waals surface area contributed by atoms with Crippen molar-refractivity contribution in [2.45, 2.75) is 12.8 Å². The summed E-state index contributed by atoms with van der Waals surface area (Å²) in [7, 11) is 0. The zero-order chi connectivity index (χ0) is 9.10. The summed E-state index contributed by atoms with van der Waals surface area (Å²) in [6, 6.07) is 6.11. The number of aryl methyl sites for hydroxylation is 1. The molecule has 2 aromatic heterocycles. The normalized spacial score (nSPS) is 10.1. The molecule has 3 nitrogen and oxygen atoms in total. The first kappa shape index (κ1) is 7.81. The average molecular weight is 171 g/mol. The first-order valence-corrected chi connectivity index (χ1v) is 4.19. The molecule has 0 unspecified atom stereocenters. The molecule has 3 heteroatoms. The fourth-order valence-corrected chi connectivity index (χ4v) is 1.31. The zero-order valence-corrected chi connectivity index (χ0v) is 7.14. The number of nitrogens with zero attached hydrogens (tertiary/aromatic N) is 3. The van der Waals surface area contributed by atoms with Crippen LogP contribution in [0.5, 0.6) is 0 Å². The van der Waals surface area contributed by atoms with Gasteiger partial charge in [-0.05, 0) is 18.1 Å². The third-order valence-corrected chi connectivity index (χ3v) is 1.98. The molecular weight excluding hydrogens is 162 g/mol. The number of hydrogen-bond donors (Lipinski definition) is 0. The van der Waals surface area contributed by atoms with E-state index in [1.807, 2.05) is 28.9 Å². The van der Waals surface area contributed by atoms with Crippen molar-refractivity contribution in [1.29, 1.82) is 5.26 Å². The van der Waals surface area contributed by atoms with Crippen LogP contribution >= 0.6 is 0 Å². The van der Waals surface area contributed by atoms with Crippen LogP contribution in [0.25, 0.3) is 5.65 Å². The van der Waals surface area contributed by atoms with Crippen LogP contribution in [0.1, 0.15) is 12.0 Å². The SMILES string of the molecule is N#CCCc1ccc2nccn2c1. The molecule has 0 radical (unpaired) electrons. The molecule has 0 atom stereocenters. The topological polar surface area (TPSA) is 41.1 Å². The van der Waals surface area contributed by atoms with E-state index in [1.54, 1.807) is 6.20 Å². The van der Waals surface area contributed by atoms with Crippen molar-refractivity contribution < 1.29 is 0 Å². The number of imidazole rings is 1. The fourth-order valence-electron chi connectivity index (χ4n) is 1.31. The van der Waals surface area contributed by atoms with Gasteiger partial charge in [0.25, 0.3) is 0 Å². The summed E-state index contributed by atoms with van der Waals surface area (Å²) < 4.78 is 1.96. The first-order valence-electron chi connectivity index (χ1n) is 4.19. The molecule has 13 heavy (non-hydrogen) atoms. The molecule has 0 aliphatic rings. The van der Waals surface area contributed by atoms with Crippen molar-refractivity contribution in [2.75, 3.05) is 0 Å². The molecule has 0 saturated heterocycles. The molecular formula is C10H9N3. The number of aromatic nitrogens is 2. The minimum absolute atomic E-state index is 0.570. The van der Waals surface area contributed by atoms with E-state index >= 15 is 0 Å². The Hall–Kier alpha value is -1.82. The second-order valence-electron chi connectivity index (χ2n) is 2.89. The lowest BCUT2D eigenvalue weighted by Crippen LogP contribution is -1.88. The van der Waals surface area contributed by atoms with Gasteiger partial charge in [0, 0.05) is 25.0 Å². The Morgan fingerprint density at radius 3 is 3.23 bits per heavy atom. The van der Waals surface area contributed by atoms with Gasteiger partial charge in [0.05, 0.1) is 6.07 Å². The monoisotopic (exact) mass is 171 g/mol. The average Bonchev–Trinajstić information content (AvgIpc) is 2.61. The number of fused-ring (bicyclic) bond motifs is 1. The van der Waals surface area contributed by atoms with E-state index in [0.717, 1.165) is 12.1 Å². The van der Waals surface area contributed by atoms with Crippen molar-refractivity contribution >= 4 is 5.65 Å². The number of pyridine rings is 1. The molecule has 0 fully saturated rings. The maximum atomic E-state index is 8.43. The third-order valence-electron chi connectivity index (χ3n) is 1.98. The molecule has 2 rings (SSSR count). The van der Waals surface area contributed by atoms with Crippen molar-refractivity contribution in [1.82, 2.24) is 9.38 Å². The highest BCUT2D eigenvalue weighted by molar-refractivity contribution is 5.39. The smallest absolute Gasteiger partial charge is 0.136 e. The predicted molar refractivity (Wildman–Crippen MR) is 49.1 cm³/mol. The Morgan fingerprint density at radius 1 is 1.46 bits per heavy atom. The molecule has 0 bridgehead atoms. The largest absolute Gasteiger partial charge is 0.307 e. The van der Waals surface area contributed by atoms with Gasteiger partial charge in [0.1, 0.15) is 5.65 Å². The van der Waals surface area contributed by atoms with E-state index in [-0.39, 0.29) is 0 Å². The zero-order valence-electron chi connectivity index (χ0n) is 7.14. The van der Waals surface area contributed by atoms with Crippen molar-refractivity contribution in [3.05, 3.63) is 36.3 Å². The van der Waals surface area contributed by atoms with Crippen LogP contribution in [0.2, 0.25) is 0 Å². The van der Waals surface area contributed by atoms with E-state index in [4.69, 9.17) is 5.26 Å². The van der Waals surface area contributed by atoms with Crippen molar-refractivity contribution in [3.8, 4) is 6.07 Å².